The van der Waals surface area contributed by atoms with Gasteiger partial charge in [0, 0.05) is 21.3 Å². The van der Waals surface area contributed by atoms with Gasteiger partial charge in [0.2, 0.25) is 0 Å². The van der Waals surface area contributed by atoms with Crippen molar-refractivity contribution in [1.82, 2.24) is 4.90 Å². The molecule has 0 radical (unpaired) electrons. The summed E-state index contributed by atoms with van der Waals surface area (Å²) in [6, 6.07) is 8.13. The Balaban J connectivity index is 2.73. The minimum Gasteiger partial charge on any atom is -0.320 e. The van der Waals surface area contributed by atoms with Crippen molar-refractivity contribution >= 4 is 34.3 Å². The molecule has 94 valence electrons. The molecule has 0 saturated carbocycles. The van der Waals surface area contributed by atoms with Crippen molar-refractivity contribution in [2.45, 2.75) is 39.8 Å². The zero-order valence-electron chi connectivity index (χ0n) is 10.7. The number of anilines is 1. The highest BCUT2D eigenvalue weighted by atomic mass is 127. The Bertz CT molecular complexity index is 366. The van der Waals surface area contributed by atoms with Gasteiger partial charge >= 0.3 is 6.03 Å². The van der Waals surface area contributed by atoms with Crippen LogP contribution in [0.2, 0.25) is 0 Å². The third-order valence-corrected chi connectivity index (χ3v) is 3.16. The zero-order valence-corrected chi connectivity index (χ0v) is 12.9. The van der Waals surface area contributed by atoms with E-state index >= 15 is 0 Å². The second-order valence-corrected chi connectivity index (χ2v) is 5.78. The van der Waals surface area contributed by atoms with E-state index in [1.54, 1.807) is 0 Å². The Morgan fingerprint density at radius 2 is 1.59 bits per heavy atom. The van der Waals surface area contributed by atoms with Crippen LogP contribution in [0.25, 0.3) is 0 Å². The lowest BCUT2D eigenvalue weighted by molar-refractivity contribution is 0.178. The molecule has 0 unspecified atom stereocenters. The molecule has 1 aromatic carbocycles. The fraction of sp³-hybridized carbons (Fsp3) is 0.462. The summed E-state index contributed by atoms with van der Waals surface area (Å²) < 4.78 is 1.16. The summed E-state index contributed by atoms with van der Waals surface area (Å²) in [7, 11) is 0. The van der Waals surface area contributed by atoms with Crippen LogP contribution < -0.4 is 5.32 Å². The van der Waals surface area contributed by atoms with Gasteiger partial charge in [0.05, 0.1) is 0 Å². The first-order valence-electron chi connectivity index (χ1n) is 5.76. The Hall–Kier alpha value is -0.780. The van der Waals surface area contributed by atoms with Gasteiger partial charge < -0.3 is 10.2 Å². The smallest absolute Gasteiger partial charge is 0.320 e. The standard InChI is InChI=1S/C13H19IN2O/c1-9(2)16(10(3)4)13(17)15-12-7-5-11(14)6-8-12/h5-10H,1-4H3,(H,15,17). The van der Waals surface area contributed by atoms with Crippen molar-refractivity contribution in [3.8, 4) is 0 Å². The van der Waals surface area contributed by atoms with E-state index in [4.69, 9.17) is 0 Å². The number of benzene rings is 1. The lowest BCUT2D eigenvalue weighted by Crippen LogP contribution is -2.44. The fourth-order valence-corrected chi connectivity index (χ4v) is 2.15. The maximum atomic E-state index is 12.1. The molecule has 0 saturated heterocycles. The van der Waals surface area contributed by atoms with Crippen LogP contribution >= 0.6 is 22.6 Å². The van der Waals surface area contributed by atoms with Gasteiger partial charge in [-0.1, -0.05) is 0 Å². The van der Waals surface area contributed by atoms with Crippen LogP contribution in [-0.2, 0) is 0 Å². The molecule has 1 N–H and O–H groups in total. The van der Waals surface area contributed by atoms with Crippen LogP contribution in [0.4, 0.5) is 10.5 Å². The first kappa shape index (κ1) is 14.3. The minimum absolute atomic E-state index is 0.0452. The first-order chi connectivity index (χ1) is 7.91. The number of amides is 2. The van der Waals surface area contributed by atoms with E-state index in [1.165, 1.54) is 0 Å². The van der Waals surface area contributed by atoms with Gasteiger partial charge in [-0.05, 0) is 74.6 Å². The number of carbonyl (C=O) groups is 1. The third-order valence-electron chi connectivity index (χ3n) is 2.44. The van der Waals surface area contributed by atoms with Crippen molar-refractivity contribution in [3.05, 3.63) is 27.8 Å². The van der Waals surface area contributed by atoms with Gasteiger partial charge in [0.1, 0.15) is 0 Å². The fourth-order valence-electron chi connectivity index (χ4n) is 1.79. The van der Waals surface area contributed by atoms with E-state index in [0.717, 1.165) is 9.26 Å². The van der Waals surface area contributed by atoms with Crippen LogP contribution in [0.1, 0.15) is 27.7 Å². The van der Waals surface area contributed by atoms with Gasteiger partial charge in [0.25, 0.3) is 0 Å². The van der Waals surface area contributed by atoms with E-state index < -0.39 is 0 Å². The molecule has 0 aromatic heterocycles. The number of nitrogens with zero attached hydrogens (tertiary/aromatic N) is 1. The molecule has 0 spiro atoms. The Kier molecular flexibility index (Phi) is 5.24. The maximum Gasteiger partial charge on any atom is 0.322 e. The van der Waals surface area contributed by atoms with Crippen molar-refractivity contribution in [2.75, 3.05) is 5.32 Å². The van der Waals surface area contributed by atoms with Crippen LogP contribution in [0, 0.1) is 3.57 Å². The Labute approximate surface area is 117 Å². The molecule has 17 heavy (non-hydrogen) atoms. The maximum absolute atomic E-state index is 12.1. The van der Waals surface area contributed by atoms with Crippen molar-refractivity contribution in [1.29, 1.82) is 0 Å². The molecule has 3 nitrogen and oxygen atoms in total. The number of urea groups is 1. The van der Waals surface area contributed by atoms with Crippen LogP contribution in [-0.4, -0.2) is 23.0 Å². The number of hydrogen-bond acceptors (Lipinski definition) is 1. The van der Waals surface area contributed by atoms with Crippen molar-refractivity contribution in [3.63, 3.8) is 0 Å². The van der Waals surface area contributed by atoms with E-state index in [2.05, 4.69) is 27.9 Å². The predicted octanol–water partition coefficient (Wildman–Crippen LogP) is 3.94. The molecule has 1 aromatic rings. The SMILES string of the molecule is CC(C)N(C(=O)Nc1ccc(I)cc1)C(C)C. The number of nitrogens with one attached hydrogen (secondary N) is 1. The first-order valence-corrected chi connectivity index (χ1v) is 6.84. The number of halogens is 1. The number of rotatable bonds is 3. The molecular formula is C13H19IN2O. The molecule has 0 aliphatic rings. The van der Waals surface area contributed by atoms with Crippen molar-refractivity contribution in [2.24, 2.45) is 0 Å². The molecule has 1 rings (SSSR count). The van der Waals surface area contributed by atoms with Gasteiger partial charge in [-0.3, -0.25) is 0 Å². The number of carbonyl (C=O) groups excluding carboxylic acids is 1. The largest absolute Gasteiger partial charge is 0.322 e. The second kappa shape index (κ2) is 6.23. The van der Waals surface area contributed by atoms with E-state index in [1.807, 2.05) is 56.9 Å². The van der Waals surface area contributed by atoms with Gasteiger partial charge in [-0.25, -0.2) is 4.79 Å². The molecule has 0 bridgehead atoms. The molecule has 0 fully saturated rings. The van der Waals surface area contributed by atoms with Gasteiger partial charge in [0.15, 0.2) is 0 Å². The van der Waals surface area contributed by atoms with Crippen molar-refractivity contribution < 1.29 is 4.79 Å². The predicted molar refractivity (Wildman–Crippen MR) is 80.3 cm³/mol. The van der Waals surface area contributed by atoms with Crippen LogP contribution in [0.15, 0.2) is 24.3 Å². The average molecular weight is 346 g/mol. The Morgan fingerprint density at radius 3 is 2.00 bits per heavy atom. The zero-order chi connectivity index (χ0) is 13.0. The highest BCUT2D eigenvalue weighted by Gasteiger charge is 2.19. The molecule has 2 amide bonds. The van der Waals surface area contributed by atoms with E-state index in [9.17, 15) is 4.79 Å². The lowest BCUT2D eigenvalue weighted by Gasteiger charge is -2.30. The quantitative estimate of drug-likeness (QED) is 0.826. The minimum atomic E-state index is -0.0452. The summed E-state index contributed by atoms with van der Waals surface area (Å²) in [5.41, 5.74) is 0.835. The normalized spacial score (nSPS) is 10.8. The highest BCUT2D eigenvalue weighted by molar-refractivity contribution is 14.1. The summed E-state index contributed by atoms with van der Waals surface area (Å²) in [6.07, 6.45) is 0. The Morgan fingerprint density at radius 1 is 1.12 bits per heavy atom. The number of hydrogen-bond donors (Lipinski definition) is 1. The molecule has 0 heterocycles. The van der Waals surface area contributed by atoms with Gasteiger partial charge in [-0.15, -0.1) is 0 Å². The van der Waals surface area contributed by atoms with Crippen LogP contribution in [0.3, 0.4) is 0 Å². The lowest BCUT2D eigenvalue weighted by atomic mass is 10.2. The average Bonchev–Trinajstić information content (AvgIpc) is 2.20. The summed E-state index contributed by atoms with van der Waals surface area (Å²) in [5.74, 6) is 0. The molecule has 0 atom stereocenters. The summed E-state index contributed by atoms with van der Waals surface area (Å²) in [4.78, 5) is 13.9. The molecule has 0 aliphatic heterocycles. The third kappa shape index (κ3) is 4.18. The molecular weight excluding hydrogens is 327 g/mol. The summed E-state index contributed by atoms with van der Waals surface area (Å²) in [6.45, 7) is 8.09. The van der Waals surface area contributed by atoms with Crippen LogP contribution in [0.5, 0.6) is 0 Å². The summed E-state index contributed by atoms with van der Waals surface area (Å²) in [5, 5.41) is 2.92. The second-order valence-electron chi connectivity index (χ2n) is 4.53. The van der Waals surface area contributed by atoms with E-state index in [-0.39, 0.29) is 18.1 Å². The monoisotopic (exact) mass is 346 g/mol. The van der Waals surface area contributed by atoms with E-state index in [0.29, 0.717) is 0 Å². The topological polar surface area (TPSA) is 32.3 Å². The molecule has 0 aliphatic carbocycles. The van der Waals surface area contributed by atoms with Gasteiger partial charge in [-0.2, -0.15) is 0 Å². The molecule has 4 heteroatoms. The highest BCUT2D eigenvalue weighted by Crippen LogP contribution is 2.13. The summed E-state index contributed by atoms with van der Waals surface area (Å²) >= 11 is 2.24.